The van der Waals surface area contributed by atoms with Crippen LogP contribution in [-0.4, -0.2) is 26.0 Å². The minimum absolute atomic E-state index is 0.0613. The smallest absolute Gasteiger partial charge is 0.147 e. The molecule has 0 fully saturated rings. The van der Waals surface area contributed by atoms with Crippen molar-refractivity contribution in [2.45, 2.75) is 59.1 Å². The number of aryl methyl sites for hydroxylation is 2. The maximum Gasteiger partial charge on any atom is 0.147 e. The fourth-order valence-corrected chi connectivity index (χ4v) is 1.95. The number of aliphatic hydroxyl groups is 1. The topological polar surface area (TPSA) is 50.9 Å². The van der Waals surface area contributed by atoms with Crippen LogP contribution < -0.4 is 0 Å². The highest BCUT2D eigenvalue weighted by atomic mass is 16.3. The number of hydrogen-bond acceptors (Lipinski definition) is 3. The van der Waals surface area contributed by atoms with Crippen LogP contribution in [-0.2, 0) is 0 Å². The normalized spacial score (nSPS) is 15.3. The monoisotopic (exact) mass is 211 g/mol. The zero-order valence-corrected chi connectivity index (χ0v) is 10.1. The van der Waals surface area contributed by atoms with Crippen molar-refractivity contribution in [3.8, 4) is 0 Å². The van der Waals surface area contributed by atoms with Gasteiger partial charge in [-0.25, -0.2) is 9.67 Å². The summed E-state index contributed by atoms with van der Waals surface area (Å²) in [5, 5.41) is 14.3. The Kier molecular flexibility index (Phi) is 4.27. The molecule has 0 spiro atoms. The molecule has 0 aliphatic rings. The van der Waals surface area contributed by atoms with Gasteiger partial charge in [-0.05, 0) is 26.7 Å². The molecule has 0 radical (unpaired) electrons. The van der Waals surface area contributed by atoms with Crippen molar-refractivity contribution >= 4 is 0 Å². The van der Waals surface area contributed by atoms with Gasteiger partial charge in [0.25, 0.3) is 0 Å². The second-order valence-electron chi connectivity index (χ2n) is 3.98. The minimum atomic E-state index is -0.320. The standard InChI is InChI=1S/C11H21N3O/c1-5-7-11(15)10(6-2)14-9(4)12-8(3)13-14/h10-11,15H,5-7H2,1-4H3. The molecule has 2 atom stereocenters. The van der Waals surface area contributed by atoms with Crippen molar-refractivity contribution in [2.24, 2.45) is 0 Å². The predicted molar refractivity (Wildman–Crippen MR) is 59.7 cm³/mol. The van der Waals surface area contributed by atoms with E-state index in [1.54, 1.807) is 0 Å². The van der Waals surface area contributed by atoms with Crippen LogP contribution >= 0.6 is 0 Å². The van der Waals surface area contributed by atoms with E-state index in [4.69, 9.17) is 0 Å². The van der Waals surface area contributed by atoms with Gasteiger partial charge in [0, 0.05) is 0 Å². The van der Waals surface area contributed by atoms with Gasteiger partial charge in [0.2, 0.25) is 0 Å². The van der Waals surface area contributed by atoms with Gasteiger partial charge >= 0.3 is 0 Å². The van der Waals surface area contributed by atoms with E-state index in [0.717, 1.165) is 30.9 Å². The number of rotatable bonds is 5. The quantitative estimate of drug-likeness (QED) is 0.810. The Bertz CT molecular complexity index is 309. The highest BCUT2D eigenvalue weighted by Crippen LogP contribution is 2.20. The highest BCUT2D eigenvalue weighted by Gasteiger charge is 2.21. The van der Waals surface area contributed by atoms with E-state index in [1.807, 2.05) is 18.5 Å². The Balaban J connectivity index is 2.86. The molecule has 1 N–H and O–H groups in total. The van der Waals surface area contributed by atoms with Crippen LogP contribution in [0.3, 0.4) is 0 Å². The molecule has 0 aromatic carbocycles. The van der Waals surface area contributed by atoms with Crippen LogP contribution in [0.2, 0.25) is 0 Å². The Morgan fingerprint density at radius 2 is 2.00 bits per heavy atom. The van der Waals surface area contributed by atoms with Crippen molar-refractivity contribution in [2.75, 3.05) is 0 Å². The first-order valence-electron chi connectivity index (χ1n) is 5.67. The SMILES string of the molecule is CCCC(O)C(CC)n1nc(C)nc1C. The molecule has 1 rings (SSSR count). The predicted octanol–water partition coefficient (Wildman–Crippen LogP) is 2.01. The lowest BCUT2D eigenvalue weighted by atomic mass is 10.0. The fraction of sp³-hybridized carbons (Fsp3) is 0.818. The number of aliphatic hydroxyl groups excluding tert-OH is 1. The second kappa shape index (κ2) is 5.26. The largest absolute Gasteiger partial charge is 0.391 e. The van der Waals surface area contributed by atoms with Gasteiger partial charge in [-0.2, -0.15) is 5.10 Å². The van der Waals surface area contributed by atoms with Gasteiger partial charge in [0.1, 0.15) is 11.6 Å². The average Bonchev–Trinajstić information content (AvgIpc) is 2.47. The Hall–Kier alpha value is -0.900. The summed E-state index contributed by atoms with van der Waals surface area (Å²) < 4.78 is 1.86. The van der Waals surface area contributed by atoms with Crippen LogP contribution in [0.15, 0.2) is 0 Å². The van der Waals surface area contributed by atoms with E-state index >= 15 is 0 Å². The zero-order chi connectivity index (χ0) is 11.4. The molecule has 15 heavy (non-hydrogen) atoms. The molecule has 86 valence electrons. The van der Waals surface area contributed by atoms with Crippen molar-refractivity contribution in [1.29, 1.82) is 0 Å². The third-order valence-electron chi connectivity index (χ3n) is 2.67. The molecule has 0 bridgehead atoms. The Labute approximate surface area is 91.3 Å². The number of nitrogens with zero attached hydrogens (tertiary/aromatic N) is 3. The van der Waals surface area contributed by atoms with Crippen molar-refractivity contribution < 1.29 is 5.11 Å². The molecule has 1 aromatic rings. The van der Waals surface area contributed by atoms with Crippen molar-refractivity contribution in [3.05, 3.63) is 11.6 Å². The van der Waals surface area contributed by atoms with Gasteiger partial charge in [0.05, 0.1) is 12.1 Å². The molecular weight excluding hydrogens is 190 g/mol. The van der Waals surface area contributed by atoms with Crippen LogP contribution in [0.5, 0.6) is 0 Å². The van der Waals surface area contributed by atoms with Gasteiger partial charge in [0.15, 0.2) is 0 Å². The van der Waals surface area contributed by atoms with Gasteiger partial charge in [-0.15, -0.1) is 0 Å². The summed E-state index contributed by atoms with van der Waals surface area (Å²) in [4.78, 5) is 4.26. The summed E-state index contributed by atoms with van der Waals surface area (Å²) in [7, 11) is 0. The first-order chi connectivity index (χ1) is 7.10. The summed E-state index contributed by atoms with van der Waals surface area (Å²) in [6, 6.07) is 0.0613. The van der Waals surface area contributed by atoms with E-state index in [2.05, 4.69) is 23.9 Å². The van der Waals surface area contributed by atoms with Crippen molar-refractivity contribution in [3.63, 3.8) is 0 Å². The van der Waals surface area contributed by atoms with E-state index in [-0.39, 0.29) is 12.1 Å². The van der Waals surface area contributed by atoms with E-state index in [1.165, 1.54) is 0 Å². The molecule has 1 heterocycles. The number of hydrogen-bond donors (Lipinski definition) is 1. The molecule has 0 aliphatic heterocycles. The molecule has 1 aromatic heterocycles. The first-order valence-corrected chi connectivity index (χ1v) is 5.67. The van der Waals surface area contributed by atoms with E-state index < -0.39 is 0 Å². The fourth-order valence-electron chi connectivity index (χ4n) is 1.95. The average molecular weight is 211 g/mol. The lowest BCUT2D eigenvalue weighted by Gasteiger charge is -2.22. The first kappa shape index (κ1) is 12.2. The lowest BCUT2D eigenvalue weighted by molar-refractivity contribution is 0.0927. The molecule has 0 aliphatic carbocycles. The molecule has 0 saturated heterocycles. The van der Waals surface area contributed by atoms with Crippen LogP contribution in [0.25, 0.3) is 0 Å². The number of aromatic nitrogens is 3. The van der Waals surface area contributed by atoms with Gasteiger partial charge in [-0.1, -0.05) is 20.3 Å². The third kappa shape index (κ3) is 2.78. The summed E-state index contributed by atoms with van der Waals surface area (Å²) in [6.45, 7) is 7.96. The molecule has 0 saturated carbocycles. The van der Waals surface area contributed by atoms with Gasteiger partial charge in [-0.3, -0.25) is 0 Å². The molecular formula is C11H21N3O. The summed E-state index contributed by atoms with van der Waals surface area (Å²) in [5.74, 6) is 1.66. The minimum Gasteiger partial charge on any atom is -0.391 e. The van der Waals surface area contributed by atoms with Crippen LogP contribution in [0.4, 0.5) is 0 Å². The third-order valence-corrected chi connectivity index (χ3v) is 2.67. The summed E-state index contributed by atoms with van der Waals surface area (Å²) >= 11 is 0. The summed E-state index contributed by atoms with van der Waals surface area (Å²) in [5.41, 5.74) is 0. The highest BCUT2D eigenvalue weighted by molar-refractivity contribution is 4.91. The van der Waals surface area contributed by atoms with E-state index in [9.17, 15) is 5.11 Å². The maximum atomic E-state index is 10.0. The summed E-state index contributed by atoms with van der Waals surface area (Å²) in [6.07, 6.45) is 2.37. The van der Waals surface area contributed by atoms with Crippen LogP contribution in [0, 0.1) is 13.8 Å². The zero-order valence-electron chi connectivity index (χ0n) is 10.1. The van der Waals surface area contributed by atoms with Crippen molar-refractivity contribution in [1.82, 2.24) is 14.8 Å². The lowest BCUT2D eigenvalue weighted by Crippen LogP contribution is -2.25. The molecule has 4 heteroatoms. The maximum absolute atomic E-state index is 10.0. The molecule has 0 amide bonds. The van der Waals surface area contributed by atoms with Crippen LogP contribution in [0.1, 0.15) is 50.8 Å². The van der Waals surface area contributed by atoms with Gasteiger partial charge < -0.3 is 5.11 Å². The molecule has 2 unspecified atom stereocenters. The Morgan fingerprint density at radius 1 is 1.33 bits per heavy atom. The van der Waals surface area contributed by atoms with E-state index in [0.29, 0.717) is 0 Å². The Morgan fingerprint density at radius 3 is 2.40 bits per heavy atom. The molecule has 4 nitrogen and oxygen atoms in total. The second-order valence-corrected chi connectivity index (χ2v) is 3.98.